The number of aliphatic hydroxyl groups excluding tert-OH is 3. The van der Waals surface area contributed by atoms with Crippen LogP contribution in [0.15, 0.2) is 0 Å². The van der Waals surface area contributed by atoms with Gasteiger partial charge in [-0.1, -0.05) is 13.8 Å². The molecule has 0 saturated carbocycles. The molecule has 1 fully saturated rings. The molecule has 3 unspecified atom stereocenters. The molecule has 0 bridgehead atoms. The summed E-state index contributed by atoms with van der Waals surface area (Å²) >= 11 is 0. The van der Waals surface area contributed by atoms with Crippen LogP contribution in [0.3, 0.4) is 0 Å². The maximum atomic E-state index is 9.07. The Labute approximate surface area is 80.2 Å². The molecule has 4 nitrogen and oxygen atoms in total. The van der Waals surface area contributed by atoms with Crippen LogP contribution in [0.1, 0.15) is 27.2 Å². The fourth-order valence-electron chi connectivity index (χ4n) is 0.957. The molecule has 0 amide bonds. The molecule has 0 aromatic rings. The highest BCUT2D eigenvalue weighted by Crippen LogP contribution is 2.13. The van der Waals surface area contributed by atoms with Gasteiger partial charge in [-0.2, -0.15) is 0 Å². The molecule has 0 aromatic carbocycles. The molecular formula is C9H22O4. The standard InChI is InChI=1S/C6H12O3.C2H6.CH4O/c1-4-6(8)5(7)2-3-9-4;2*1-2/h4-8H,2-3H2,1H3;1-2H3;2H,1H3. The Morgan fingerprint density at radius 2 is 1.62 bits per heavy atom. The third kappa shape index (κ3) is 5.99. The first-order valence-corrected chi connectivity index (χ1v) is 4.64. The lowest BCUT2D eigenvalue weighted by Crippen LogP contribution is -2.42. The highest BCUT2D eigenvalue weighted by molar-refractivity contribution is 4.77. The second kappa shape index (κ2) is 9.92. The molecule has 0 aliphatic carbocycles. The van der Waals surface area contributed by atoms with Crippen molar-refractivity contribution in [3.8, 4) is 0 Å². The van der Waals surface area contributed by atoms with Gasteiger partial charge in [-0.3, -0.25) is 0 Å². The minimum absolute atomic E-state index is 0.214. The minimum Gasteiger partial charge on any atom is -0.400 e. The molecule has 1 aliphatic heterocycles. The average molecular weight is 194 g/mol. The lowest BCUT2D eigenvalue weighted by molar-refractivity contribution is -0.127. The molecule has 3 atom stereocenters. The van der Waals surface area contributed by atoms with E-state index >= 15 is 0 Å². The summed E-state index contributed by atoms with van der Waals surface area (Å²) < 4.78 is 5.05. The fraction of sp³-hybridized carbons (Fsp3) is 1.00. The van der Waals surface area contributed by atoms with Gasteiger partial charge in [-0.05, 0) is 13.3 Å². The van der Waals surface area contributed by atoms with Crippen LogP contribution < -0.4 is 0 Å². The van der Waals surface area contributed by atoms with Crippen LogP contribution in [0.25, 0.3) is 0 Å². The van der Waals surface area contributed by atoms with E-state index in [1.54, 1.807) is 6.92 Å². The normalized spacial score (nSPS) is 32.1. The van der Waals surface area contributed by atoms with Crippen LogP contribution in [0.2, 0.25) is 0 Å². The molecule has 1 heterocycles. The molecule has 0 aromatic heterocycles. The molecular weight excluding hydrogens is 172 g/mol. The third-order valence-corrected chi connectivity index (χ3v) is 1.67. The first-order valence-electron chi connectivity index (χ1n) is 4.64. The summed E-state index contributed by atoms with van der Waals surface area (Å²) in [4.78, 5) is 0. The van der Waals surface area contributed by atoms with E-state index in [4.69, 9.17) is 20.1 Å². The summed E-state index contributed by atoms with van der Waals surface area (Å²) in [6, 6.07) is 0. The lowest BCUT2D eigenvalue weighted by Gasteiger charge is -2.29. The Hall–Kier alpha value is -0.160. The SMILES string of the molecule is CC.CC1OCCC(O)C1O.CO. The van der Waals surface area contributed by atoms with Crippen LogP contribution in [-0.2, 0) is 4.74 Å². The molecule has 4 heteroatoms. The van der Waals surface area contributed by atoms with Crippen molar-refractivity contribution < 1.29 is 20.1 Å². The van der Waals surface area contributed by atoms with Crippen molar-refractivity contribution in [3.63, 3.8) is 0 Å². The van der Waals surface area contributed by atoms with Gasteiger partial charge in [0.05, 0.1) is 12.2 Å². The van der Waals surface area contributed by atoms with Crippen LogP contribution in [-0.4, -0.2) is 47.3 Å². The van der Waals surface area contributed by atoms with Crippen LogP contribution in [0.4, 0.5) is 0 Å². The second-order valence-corrected chi connectivity index (χ2v) is 2.42. The summed E-state index contributed by atoms with van der Waals surface area (Å²) in [5.41, 5.74) is 0. The van der Waals surface area contributed by atoms with Crippen molar-refractivity contribution in [1.29, 1.82) is 0 Å². The van der Waals surface area contributed by atoms with Gasteiger partial charge in [0.15, 0.2) is 0 Å². The Bertz CT molecular complexity index is 87.6. The zero-order valence-corrected chi connectivity index (χ0v) is 8.90. The first-order chi connectivity index (χ1) is 6.22. The minimum atomic E-state index is -0.696. The first kappa shape index (κ1) is 15.3. The van der Waals surface area contributed by atoms with Crippen molar-refractivity contribution in [1.82, 2.24) is 0 Å². The van der Waals surface area contributed by atoms with Gasteiger partial charge < -0.3 is 20.1 Å². The van der Waals surface area contributed by atoms with Gasteiger partial charge >= 0.3 is 0 Å². The van der Waals surface area contributed by atoms with E-state index in [1.165, 1.54) is 0 Å². The van der Waals surface area contributed by atoms with E-state index in [1.807, 2.05) is 13.8 Å². The summed E-state index contributed by atoms with van der Waals surface area (Å²) in [6.07, 6.45) is -0.952. The molecule has 13 heavy (non-hydrogen) atoms. The molecule has 1 saturated heterocycles. The smallest absolute Gasteiger partial charge is 0.106 e. The van der Waals surface area contributed by atoms with Crippen molar-refractivity contribution in [2.45, 2.75) is 45.5 Å². The van der Waals surface area contributed by atoms with E-state index in [2.05, 4.69) is 0 Å². The summed E-state index contributed by atoms with van der Waals surface area (Å²) in [5, 5.41) is 25.1. The van der Waals surface area contributed by atoms with E-state index in [9.17, 15) is 0 Å². The summed E-state index contributed by atoms with van der Waals surface area (Å²) in [5.74, 6) is 0. The van der Waals surface area contributed by atoms with Gasteiger partial charge in [0.1, 0.15) is 6.10 Å². The van der Waals surface area contributed by atoms with Crippen molar-refractivity contribution >= 4 is 0 Å². The zero-order valence-electron chi connectivity index (χ0n) is 8.90. The highest BCUT2D eigenvalue weighted by atomic mass is 16.5. The third-order valence-electron chi connectivity index (χ3n) is 1.67. The number of rotatable bonds is 0. The van der Waals surface area contributed by atoms with Crippen LogP contribution in [0.5, 0.6) is 0 Å². The number of aliphatic hydroxyl groups is 3. The second-order valence-electron chi connectivity index (χ2n) is 2.42. The Morgan fingerprint density at radius 3 is 1.92 bits per heavy atom. The predicted octanol–water partition coefficient (Wildman–Crippen LogP) is 0.152. The Balaban J connectivity index is 0. The molecule has 1 rings (SSSR count). The Kier molecular flexibility index (Phi) is 11.7. The van der Waals surface area contributed by atoms with Gasteiger partial charge in [0.25, 0.3) is 0 Å². The van der Waals surface area contributed by atoms with E-state index in [0.717, 1.165) is 7.11 Å². The number of ether oxygens (including phenoxy) is 1. The molecule has 1 aliphatic rings. The highest BCUT2D eigenvalue weighted by Gasteiger charge is 2.27. The zero-order chi connectivity index (χ0) is 10.9. The summed E-state index contributed by atoms with van der Waals surface area (Å²) in [7, 11) is 1.00. The number of hydrogen-bond donors (Lipinski definition) is 3. The van der Waals surface area contributed by atoms with Crippen LogP contribution >= 0.6 is 0 Å². The number of hydrogen-bond acceptors (Lipinski definition) is 4. The lowest BCUT2D eigenvalue weighted by atomic mass is 10.0. The van der Waals surface area contributed by atoms with E-state index in [-0.39, 0.29) is 6.10 Å². The van der Waals surface area contributed by atoms with Crippen molar-refractivity contribution in [2.75, 3.05) is 13.7 Å². The Morgan fingerprint density at radius 1 is 1.15 bits per heavy atom. The van der Waals surface area contributed by atoms with Crippen molar-refractivity contribution in [3.05, 3.63) is 0 Å². The molecule has 3 N–H and O–H groups in total. The maximum Gasteiger partial charge on any atom is 0.106 e. The predicted molar refractivity (Wildman–Crippen MR) is 51.5 cm³/mol. The monoisotopic (exact) mass is 194 g/mol. The van der Waals surface area contributed by atoms with Gasteiger partial charge in [0.2, 0.25) is 0 Å². The van der Waals surface area contributed by atoms with Gasteiger partial charge in [-0.25, -0.2) is 0 Å². The van der Waals surface area contributed by atoms with E-state index < -0.39 is 12.2 Å². The molecule has 0 radical (unpaired) electrons. The maximum absolute atomic E-state index is 9.07. The average Bonchev–Trinajstić information content (AvgIpc) is 2.20. The van der Waals surface area contributed by atoms with E-state index in [0.29, 0.717) is 13.0 Å². The molecule has 0 spiro atoms. The molecule has 82 valence electrons. The summed E-state index contributed by atoms with van der Waals surface area (Å²) in [6.45, 7) is 6.31. The van der Waals surface area contributed by atoms with Gasteiger partial charge in [0, 0.05) is 13.7 Å². The van der Waals surface area contributed by atoms with Crippen molar-refractivity contribution in [2.24, 2.45) is 0 Å². The van der Waals surface area contributed by atoms with Crippen LogP contribution in [0, 0.1) is 0 Å². The fourth-order valence-corrected chi connectivity index (χ4v) is 0.957. The topological polar surface area (TPSA) is 69.9 Å². The quantitative estimate of drug-likeness (QED) is 0.513. The largest absolute Gasteiger partial charge is 0.400 e. The van der Waals surface area contributed by atoms with Gasteiger partial charge in [-0.15, -0.1) is 0 Å².